The molecule has 166 valence electrons. The van der Waals surface area contributed by atoms with Gasteiger partial charge in [0.1, 0.15) is 0 Å². The molecule has 0 aromatic heterocycles. The number of hydrogen-bond donors (Lipinski definition) is 0. The SMILES string of the molecule is O=C(CCCCCCCCC(F)Cl)OOC(=O)CCCCCCCCC(F)Cl. The summed E-state index contributed by atoms with van der Waals surface area (Å²) in [6.45, 7) is 0. The van der Waals surface area contributed by atoms with Gasteiger partial charge in [-0.15, -0.1) is 0 Å². The van der Waals surface area contributed by atoms with E-state index in [9.17, 15) is 18.4 Å². The number of alkyl halides is 4. The largest absolute Gasteiger partial charge is 0.355 e. The summed E-state index contributed by atoms with van der Waals surface area (Å²) in [4.78, 5) is 32.0. The van der Waals surface area contributed by atoms with Crippen LogP contribution in [0.5, 0.6) is 0 Å². The summed E-state index contributed by atoms with van der Waals surface area (Å²) in [5, 5.41) is 0. The molecule has 0 fully saturated rings. The highest BCUT2D eigenvalue weighted by Crippen LogP contribution is 2.14. The molecular formula is C20H34Cl2F2O4. The second kappa shape index (κ2) is 19.7. The third-order valence-electron chi connectivity index (χ3n) is 4.33. The number of unbranched alkanes of at least 4 members (excludes halogenated alkanes) is 10. The second-order valence-electron chi connectivity index (χ2n) is 7.01. The highest BCUT2D eigenvalue weighted by Gasteiger charge is 2.09. The van der Waals surface area contributed by atoms with Gasteiger partial charge in [-0.25, -0.2) is 28.1 Å². The van der Waals surface area contributed by atoms with Crippen LogP contribution in [0, 0.1) is 0 Å². The molecule has 2 unspecified atom stereocenters. The van der Waals surface area contributed by atoms with Crippen molar-refractivity contribution in [1.29, 1.82) is 0 Å². The molecule has 0 aromatic rings. The molecule has 0 heterocycles. The van der Waals surface area contributed by atoms with Crippen molar-refractivity contribution in [2.75, 3.05) is 0 Å². The van der Waals surface area contributed by atoms with E-state index in [1.54, 1.807) is 0 Å². The Kier molecular flexibility index (Phi) is 19.2. The van der Waals surface area contributed by atoms with Crippen LogP contribution < -0.4 is 0 Å². The van der Waals surface area contributed by atoms with Gasteiger partial charge in [0, 0.05) is 0 Å². The summed E-state index contributed by atoms with van der Waals surface area (Å²) in [7, 11) is 0. The van der Waals surface area contributed by atoms with Crippen LogP contribution in [0.15, 0.2) is 0 Å². The molecular weight excluding hydrogens is 413 g/mol. The molecule has 2 atom stereocenters. The van der Waals surface area contributed by atoms with Gasteiger partial charge in [-0.1, -0.05) is 74.6 Å². The first-order chi connectivity index (χ1) is 13.4. The van der Waals surface area contributed by atoms with Gasteiger partial charge in [0.05, 0.1) is 12.8 Å². The van der Waals surface area contributed by atoms with E-state index < -0.39 is 23.2 Å². The first-order valence-electron chi connectivity index (χ1n) is 10.4. The molecule has 0 aliphatic carbocycles. The number of halogens is 4. The van der Waals surface area contributed by atoms with Crippen LogP contribution in [-0.4, -0.2) is 23.2 Å². The maximum Gasteiger partial charge on any atom is 0.355 e. The Bertz CT molecular complexity index is 360. The molecule has 0 aliphatic heterocycles. The van der Waals surface area contributed by atoms with Crippen molar-refractivity contribution < 1.29 is 28.1 Å². The lowest BCUT2D eigenvalue weighted by atomic mass is 10.1. The molecule has 0 N–H and O–H groups in total. The minimum absolute atomic E-state index is 0.212. The van der Waals surface area contributed by atoms with Crippen molar-refractivity contribution in [3.63, 3.8) is 0 Å². The molecule has 0 bridgehead atoms. The highest BCUT2D eigenvalue weighted by molar-refractivity contribution is 6.19. The van der Waals surface area contributed by atoms with Crippen molar-refractivity contribution in [2.24, 2.45) is 0 Å². The monoisotopic (exact) mass is 446 g/mol. The summed E-state index contributed by atoms with van der Waals surface area (Å²) in [6.07, 6.45) is 11.6. The zero-order valence-corrected chi connectivity index (χ0v) is 18.1. The second-order valence-corrected chi connectivity index (χ2v) is 7.96. The van der Waals surface area contributed by atoms with E-state index in [1.165, 1.54) is 0 Å². The fraction of sp³-hybridized carbons (Fsp3) is 0.900. The molecule has 0 saturated heterocycles. The van der Waals surface area contributed by atoms with Crippen LogP contribution in [0.1, 0.15) is 103 Å². The molecule has 0 aliphatic rings. The first kappa shape index (κ1) is 27.4. The minimum atomic E-state index is -1.25. The van der Waals surface area contributed by atoms with E-state index in [4.69, 9.17) is 23.2 Å². The Labute approximate surface area is 177 Å². The van der Waals surface area contributed by atoms with Crippen molar-refractivity contribution in [3.05, 3.63) is 0 Å². The topological polar surface area (TPSA) is 52.6 Å². The Morgan fingerprint density at radius 1 is 0.571 bits per heavy atom. The van der Waals surface area contributed by atoms with Crippen LogP contribution >= 0.6 is 23.2 Å². The number of carbonyl (C=O) groups excluding carboxylic acids is 2. The summed E-state index contributed by atoms with van der Waals surface area (Å²) in [6, 6.07) is 0. The predicted molar refractivity (Wildman–Crippen MR) is 108 cm³/mol. The van der Waals surface area contributed by atoms with Crippen molar-refractivity contribution in [2.45, 2.75) is 114 Å². The van der Waals surface area contributed by atoms with E-state index in [1.807, 2.05) is 0 Å². The highest BCUT2D eigenvalue weighted by atomic mass is 35.5. The minimum Gasteiger partial charge on any atom is -0.247 e. The quantitative estimate of drug-likeness (QED) is 0.0958. The Hall–Kier alpha value is -0.620. The normalized spacial score (nSPS) is 13.1. The van der Waals surface area contributed by atoms with Crippen LogP contribution in [0.4, 0.5) is 8.78 Å². The Balaban J connectivity index is 3.36. The van der Waals surface area contributed by atoms with E-state index in [-0.39, 0.29) is 12.8 Å². The van der Waals surface area contributed by atoms with Gasteiger partial charge in [0.2, 0.25) is 0 Å². The number of rotatable bonds is 18. The molecule has 28 heavy (non-hydrogen) atoms. The van der Waals surface area contributed by atoms with Crippen molar-refractivity contribution in [1.82, 2.24) is 0 Å². The van der Waals surface area contributed by atoms with Gasteiger partial charge in [-0.3, -0.25) is 0 Å². The van der Waals surface area contributed by atoms with Crippen LogP contribution in [-0.2, 0) is 19.4 Å². The molecule has 4 nitrogen and oxygen atoms in total. The van der Waals surface area contributed by atoms with E-state index >= 15 is 0 Å². The van der Waals surface area contributed by atoms with Gasteiger partial charge < -0.3 is 0 Å². The molecule has 8 heteroatoms. The smallest absolute Gasteiger partial charge is 0.247 e. The summed E-state index contributed by atoms with van der Waals surface area (Å²) in [5.41, 5.74) is -2.51. The zero-order valence-electron chi connectivity index (χ0n) is 16.6. The molecule has 0 radical (unpaired) electrons. The summed E-state index contributed by atoms with van der Waals surface area (Å²) >= 11 is 10.5. The third kappa shape index (κ3) is 21.7. The standard InChI is InChI=1S/C20H34Cl2F2O4/c21-17(23)13-9-5-1-3-7-11-15-19(25)27-28-20(26)16-12-8-4-2-6-10-14-18(22)24/h17-18H,1-16H2. The lowest BCUT2D eigenvalue weighted by Gasteiger charge is -2.04. The molecule has 0 rings (SSSR count). The number of hydrogen-bond acceptors (Lipinski definition) is 4. The molecule has 0 amide bonds. The Morgan fingerprint density at radius 2 is 0.857 bits per heavy atom. The fourth-order valence-electron chi connectivity index (χ4n) is 2.73. The van der Waals surface area contributed by atoms with Gasteiger partial charge in [0.25, 0.3) is 0 Å². The van der Waals surface area contributed by atoms with E-state index in [2.05, 4.69) is 9.78 Å². The lowest BCUT2D eigenvalue weighted by molar-refractivity contribution is -0.259. The molecule has 0 saturated carbocycles. The first-order valence-corrected chi connectivity index (χ1v) is 11.3. The van der Waals surface area contributed by atoms with Crippen LogP contribution in [0.3, 0.4) is 0 Å². The molecule has 0 spiro atoms. The van der Waals surface area contributed by atoms with Gasteiger partial charge in [-0.05, 0) is 38.5 Å². The van der Waals surface area contributed by atoms with E-state index in [0.29, 0.717) is 25.7 Å². The van der Waals surface area contributed by atoms with Gasteiger partial charge in [0.15, 0.2) is 11.3 Å². The zero-order chi connectivity index (χ0) is 21.0. The van der Waals surface area contributed by atoms with Gasteiger partial charge >= 0.3 is 11.9 Å². The van der Waals surface area contributed by atoms with Crippen molar-refractivity contribution >= 4 is 35.1 Å². The average molecular weight is 447 g/mol. The van der Waals surface area contributed by atoms with Crippen LogP contribution in [0.2, 0.25) is 0 Å². The van der Waals surface area contributed by atoms with Gasteiger partial charge in [-0.2, -0.15) is 0 Å². The maximum atomic E-state index is 12.4. The predicted octanol–water partition coefficient (Wildman–Crippen LogP) is 7.30. The lowest BCUT2D eigenvalue weighted by Crippen LogP contribution is -2.11. The van der Waals surface area contributed by atoms with Crippen molar-refractivity contribution in [3.8, 4) is 0 Å². The number of carbonyl (C=O) groups is 2. The fourth-order valence-corrected chi connectivity index (χ4v) is 3.04. The van der Waals surface area contributed by atoms with Crippen LogP contribution in [0.25, 0.3) is 0 Å². The molecule has 0 aromatic carbocycles. The summed E-state index contributed by atoms with van der Waals surface area (Å²) < 4.78 is 24.8. The summed E-state index contributed by atoms with van der Waals surface area (Å²) in [5.74, 6) is -1.08. The third-order valence-corrected chi connectivity index (χ3v) is 4.77. The maximum absolute atomic E-state index is 12.4. The average Bonchev–Trinajstić information content (AvgIpc) is 2.63. The Morgan fingerprint density at radius 3 is 1.18 bits per heavy atom. The van der Waals surface area contributed by atoms with E-state index in [0.717, 1.165) is 64.2 Å².